The average Bonchev–Trinajstić information content (AvgIpc) is 3.16. The van der Waals surface area contributed by atoms with E-state index in [9.17, 15) is 10.1 Å². The predicted octanol–water partition coefficient (Wildman–Crippen LogP) is 5.25. The Morgan fingerprint density at radius 1 is 1.09 bits per heavy atom. The molecule has 0 spiro atoms. The Balaban J connectivity index is 1.30. The van der Waals surface area contributed by atoms with Gasteiger partial charge >= 0.3 is 0 Å². The van der Waals surface area contributed by atoms with Crippen molar-refractivity contribution in [2.75, 3.05) is 11.9 Å². The summed E-state index contributed by atoms with van der Waals surface area (Å²) in [5, 5.41) is 16.2. The van der Waals surface area contributed by atoms with Crippen LogP contribution in [0.3, 0.4) is 0 Å². The fourth-order valence-corrected chi connectivity index (χ4v) is 5.22. The van der Waals surface area contributed by atoms with Crippen molar-refractivity contribution < 1.29 is 9.53 Å². The van der Waals surface area contributed by atoms with Crippen molar-refractivity contribution in [2.45, 2.75) is 32.1 Å². The lowest BCUT2D eigenvalue weighted by Gasteiger charge is -2.10. The number of fused-ring (bicyclic) bond motifs is 1. The van der Waals surface area contributed by atoms with Gasteiger partial charge in [0.25, 0.3) is 5.91 Å². The van der Waals surface area contributed by atoms with Gasteiger partial charge in [0, 0.05) is 16.9 Å². The smallest absolute Gasteiger partial charge is 0.257 e. The molecule has 1 aromatic heterocycles. The number of anilines is 1. The average molecular weight is 462 g/mol. The molecule has 4 rings (SSSR count). The molecular formula is C25H23N3O2S2. The van der Waals surface area contributed by atoms with Crippen LogP contribution in [0.1, 0.15) is 44.8 Å². The molecule has 32 heavy (non-hydrogen) atoms. The molecule has 0 atom stereocenters. The molecule has 1 heterocycles. The van der Waals surface area contributed by atoms with Crippen molar-refractivity contribution in [3.8, 4) is 11.8 Å². The fraction of sp³-hybridized carbons (Fsp3) is 0.240. The molecule has 1 amide bonds. The summed E-state index contributed by atoms with van der Waals surface area (Å²) in [6.07, 6.45) is 4.99. The largest absolute Gasteiger partial charge is 0.493 e. The predicted molar refractivity (Wildman–Crippen MR) is 131 cm³/mol. The SMILES string of the molecule is N#Cc1c(NC(=S)NC(=O)c2ccc(OCCc3ccccc3)cc2)sc2c1CCCC2. The first-order valence-electron chi connectivity index (χ1n) is 10.6. The van der Waals surface area contributed by atoms with Gasteiger partial charge in [0.15, 0.2) is 5.11 Å². The summed E-state index contributed by atoms with van der Waals surface area (Å²) in [6.45, 7) is 0.565. The van der Waals surface area contributed by atoms with Crippen molar-refractivity contribution in [1.29, 1.82) is 5.26 Å². The molecule has 5 nitrogen and oxygen atoms in total. The molecule has 2 N–H and O–H groups in total. The minimum absolute atomic E-state index is 0.188. The lowest BCUT2D eigenvalue weighted by Crippen LogP contribution is -2.34. The van der Waals surface area contributed by atoms with Crippen LogP contribution in [0, 0.1) is 11.3 Å². The first-order chi connectivity index (χ1) is 15.6. The summed E-state index contributed by atoms with van der Waals surface area (Å²) >= 11 is 6.88. The number of nitrogens with zero attached hydrogens (tertiary/aromatic N) is 1. The van der Waals surface area contributed by atoms with Crippen LogP contribution in [0.15, 0.2) is 54.6 Å². The van der Waals surface area contributed by atoms with Crippen LogP contribution in [0.4, 0.5) is 5.00 Å². The van der Waals surface area contributed by atoms with E-state index in [0.717, 1.165) is 37.7 Å². The van der Waals surface area contributed by atoms with E-state index in [1.807, 2.05) is 18.2 Å². The van der Waals surface area contributed by atoms with Gasteiger partial charge in [-0.25, -0.2) is 0 Å². The van der Waals surface area contributed by atoms with Gasteiger partial charge in [-0.3, -0.25) is 10.1 Å². The molecule has 0 unspecified atom stereocenters. The number of nitriles is 1. The number of aryl methyl sites for hydroxylation is 1. The van der Waals surface area contributed by atoms with Crippen LogP contribution in [-0.4, -0.2) is 17.6 Å². The van der Waals surface area contributed by atoms with Gasteiger partial charge in [0.05, 0.1) is 12.2 Å². The first kappa shape index (κ1) is 22.0. The van der Waals surface area contributed by atoms with E-state index in [1.54, 1.807) is 35.6 Å². The molecule has 0 fully saturated rings. The lowest BCUT2D eigenvalue weighted by molar-refractivity contribution is 0.0977. The molecule has 1 aliphatic carbocycles. The third-order valence-electron chi connectivity index (χ3n) is 5.36. The van der Waals surface area contributed by atoms with Crippen molar-refractivity contribution in [2.24, 2.45) is 0 Å². The van der Waals surface area contributed by atoms with E-state index in [0.29, 0.717) is 28.5 Å². The maximum absolute atomic E-state index is 12.6. The van der Waals surface area contributed by atoms with Gasteiger partial charge in [0.2, 0.25) is 0 Å². The number of ether oxygens (including phenoxy) is 1. The Labute approximate surface area is 197 Å². The standard InChI is InChI=1S/C25H23N3O2S2/c26-16-21-20-8-4-5-9-22(20)32-24(21)28-25(31)27-23(29)18-10-12-19(13-11-18)30-15-14-17-6-2-1-3-7-17/h1-3,6-7,10-13H,4-5,8-9,14-15H2,(H2,27,28,29,31). The van der Waals surface area contributed by atoms with Gasteiger partial charge in [-0.1, -0.05) is 30.3 Å². The Morgan fingerprint density at radius 2 is 1.84 bits per heavy atom. The summed E-state index contributed by atoms with van der Waals surface area (Å²) in [6, 6.07) is 19.4. The molecular weight excluding hydrogens is 438 g/mol. The van der Waals surface area contributed by atoms with Crippen LogP contribution in [0.25, 0.3) is 0 Å². The molecule has 0 bridgehead atoms. The van der Waals surface area contributed by atoms with E-state index >= 15 is 0 Å². The first-order valence-corrected chi connectivity index (χ1v) is 11.8. The number of thiophene rings is 1. The molecule has 1 aliphatic rings. The van der Waals surface area contributed by atoms with Gasteiger partial charge in [0.1, 0.15) is 16.8 Å². The minimum atomic E-state index is -0.307. The third kappa shape index (κ3) is 5.34. The second kappa shape index (κ2) is 10.4. The van der Waals surface area contributed by atoms with Crippen molar-refractivity contribution in [3.63, 3.8) is 0 Å². The van der Waals surface area contributed by atoms with E-state index in [-0.39, 0.29) is 11.0 Å². The number of carbonyl (C=O) groups excluding carboxylic acids is 1. The fourth-order valence-electron chi connectivity index (χ4n) is 3.72. The van der Waals surface area contributed by atoms with Crippen LogP contribution in [0.2, 0.25) is 0 Å². The molecule has 7 heteroatoms. The van der Waals surface area contributed by atoms with Crippen LogP contribution in [-0.2, 0) is 19.3 Å². The van der Waals surface area contributed by atoms with E-state index in [4.69, 9.17) is 17.0 Å². The molecule has 3 aromatic rings. The molecule has 0 saturated heterocycles. The summed E-state index contributed by atoms with van der Waals surface area (Å²) in [5.41, 5.74) is 3.48. The van der Waals surface area contributed by atoms with E-state index < -0.39 is 0 Å². The number of rotatable bonds is 6. The van der Waals surface area contributed by atoms with Crippen molar-refractivity contribution in [3.05, 3.63) is 81.7 Å². The van der Waals surface area contributed by atoms with Gasteiger partial charge < -0.3 is 10.1 Å². The number of hydrogen-bond donors (Lipinski definition) is 2. The number of hydrogen-bond acceptors (Lipinski definition) is 5. The van der Waals surface area contributed by atoms with Crippen LogP contribution >= 0.6 is 23.6 Å². The number of benzene rings is 2. The highest BCUT2D eigenvalue weighted by atomic mass is 32.1. The maximum atomic E-state index is 12.6. The van der Waals surface area contributed by atoms with Crippen molar-refractivity contribution >= 4 is 39.6 Å². The van der Waals surface area contributed by atoms with Gasteiger partial charge in [-0.05, 0) is 73.3 Å². The Bertz CT molecular complexity index is 1150. The summed E-state index contributed by atoms with van der Waals surface area (Å²) in [4.78, 5) is 13.8. The highest BCUT2D eigenvalue weighted by Crippen LogP contribution is 2.37. The highest BCUT2D eigenvalue weighted by Gasteiger charge is 2.21. The van der Waals surface area contributed by atoms with Gasteiger partial charge in [-0.15, -0.1) is 11.3 Å². The number of carbonyl (C=O) groups is 1. The Morgan fingerprint density at radius 3 is 2.59 bits per heavy atom. The molecule has 0 saturated carbocycles. The van der Waals surface area contributed by atoms with E-state index in [1.165, 1.54) is 10.4 Å². The lowest BCUT2D eigenvalue weighted by atomic mass is 9.96. The zero-order chi connectivity index (χ0) is 22.3. The topological polar surface area (TPSA) is 74.2 Å². The summed E-state index contributed by atoms with van der Waals surface area (Å²) < 4.78 is 5.77. The quantitative estimate of drug-likeness (QED) is 0.491. The zero-order valence-electron chi connectivity index (χ0n) is 17.5. The second-order valence-corrected chi connectivity index (χ2v) is 9.06. The highest BCUT2D eigenvalue weighted by molar-refractivity contribution is 7.80. The minimum Gasteiger partial charge on any atom is -0.493 e. The monoisotopic (exact) mass is 461 g/mol. The van der Waals surface area contributed by atoms with Crippen molar-refractivity contribution in [1.82, 2.24) is 5.32 Å². The molecule has 162 valence electrons. The third-order valence-corrected chi connectivity index (χ3v) is 6.77. The van der Waals surface area contributed by atoms with E-state index in [2.05, 4.69) is 28.8 Å². The van der Waals surface area contributed by atoms with Gasteiger partial charge in [-0.2, -0.15) is 5.26 Å². The van der Waals surface area contributed by atoms with Crippen LogP contribution < -0.4 is 15.4 Å². The normalized spacial score (nSPS) is 12.3. The molecule has 2 aromatic carbocycles. The Hall–Kier alpha value is -3.21. The zero-order valence-corrected chi connectivity index (χ0v) is 19.2. The number of amides is 1. The molecule has 0 radical (unpaired) electrons. The maximum Gasteiger partial charge on any atom is 0.257 e. The summed E-state index contributed by atoms with van der Waals surface area (Å²) in [5.74, 6) is 0.402. The number of thiocarbonyl (C=S) groups is 1. The Kier molecular flexibility index (Phi) is 7.15. The number of nitrogens with one attached hydrogen (secondary N) is 2. The summed E-state index contributed by atoms with van der Waals surface area (Å²) in [7, 11) is 0. The molecule has 0 aliphatic heterocycles. The van der Waals surface area contributed by atoms with Crippen LogP contribution in [0.5, 0.6) is 5.75 Å². The second-order valence-electron chi connectivity index (χ2n) is 7.54.